The number of carbonyl (C=O) groups excluding carboxylic acids is 2. The Labute approximate surface area is 158 Å². The summed E-state index contributed by atoms with van der Waals surface area (Å²) in [6.45, 7) is 3.26. The van der Waals surface area contributed by atoms with Crippen LogP contribution in [0.1, 0.15) is 31.2 Å². The van der Waals surface area contributed by atoms with Gasteiger partial charge in [0, 0.05) is 42.9 Å². The molecule has 3 rings (SSSR count). The van der Waals surface area contributed by atoms with E-state index < -0.39 is 0 Å². The Hall–Kier alpha value is -1.20. The van der Waals surface area contributed by atoms with E-state index in [-0.39, 0.29) is 11.8 Å². The van der Waals surface area contributed by atoms with Crippen LogP contribution in [0.4, 0.5) is 0 Å². The van der Waals surface area contributed by atoms with Gasteiger partial charge in [0.25, 0.3) is 0 Å². The molecule has 6 heteroatoms. The van der Waals surface area contributed by atoms with Crippen LogP contribution in [-0.4, -0.2) is 53.5 Å². The van der Waals surface area contributed by atoms with Gasteiger partial charge in [-0.05, 0) is 43.4 Å². The number of benzene rings is 1. The maximum absolute atomic E-state index is 12.4. The second-order valence-corrected chi connectivity index (χ2v) is 8.23. The molecule has 1 aromatic rings. The third-order valence-electron chi connectivity index (χ3n) is 5.02. The lowest BCUT2D eigenvalue weighted by atomic mass is 9.95. The van der Waals surface area contributed by atoms with Gasteiger partial charge in [0.05, 0.1) is 5.75 Å². The summed E-state index contributed by atoms with van der Waals surface area (Å²) in [6.07, 6.45) is 3.88. The molecule has 2 saturated heterocycles. The molecule has 2 fully saturated rings. The van der Waals surface area contributed by atoms with Crippen molar-refractivity contribution in [1.29, 1.82) is 0 Å². The Kier molecular flexibility index (Phi) is 6.65. The van der Waals surface area contributed by atoms with Crippen LogP contribution < -0.4 is 0 Å². The molecule has 0 unspecified atom stereocenters. The molecule has 2 amide bonds. The Morgan fingerprint density at radius 1 is 1.00 bits per heavy atom. The van der Waals surface area contributed by atoms with Gasteiger partial charge in [-0.25, -0.2) is 0 Å². The molecule has 2 heterocycles. The average molecular weight is 381 g/mol. The molecule has 0 aliphatic carbocycles. The molecule has 2 aliphatic heterocycles. The van der Waals surface area contributed by atoms with Crippen LogP contribution in [0.15, 0.2) is 24.3 Å². The first-order valence-electron chi connectivity index (χ1n) is 9.02. The fourth-order valence-corrected chi connectivity index (χ4v) is 4.51. The van der Waals surface area contributed by atoms with Crippen molar-refractivity contribution >= 4 is 35.2 Å². The second kappa shape index (κ2) is 8.95. The van der Waals surface area contributed by atoms with Gasteiger partial charge in [-0.15, -0.1) is 11.8 Å². The predicted octanol–water partition coefficient (Wildman–Crippen LogP) is 3.43. The van der Waals surface area contributed by atoms with Gasteiger partial charge in [0.15, 0.2) is 0 Å². The normalized spacial score (nSPS) is 18.6. The Morgan fingerprint density at radius 2 is 1.64 bits per heavy atom. The lowest BCUT2D eigenvalue weighted by Gasteiger charge is -2.33. The minimum absolute atomic E-state index is 0.115. The predicted molar refractivity (Wildman–Crippen MR) is 103 cm³/mol. The maximum Gasteiger partial charge on any atom is 0.232 e. The molecule has 1 aromatic carbocycles. The van der Waals surface area contributed by atoms with Crippen molar-refractivity contribution in [2.75, 3.05) is 31.9 Å². The maximum atomic E-state index is 12.4. The van der Waals surface area contributed by atoms with Crippen molar-refractivity contribution in [2.45, 2.75) is 31.4 Å². The van der Waals surface area contributed by atoms with Crippen LogP contribution in [0.3, 0.4) is 0 Å². The number of rotatable bonds is 5. The van der Waals surface area contributed by atoms with Crippen LogP contribution in [0.2, 0.25) is 5.02 Å². The van der Waals surface area contributed by atoms with Gasteiger partial charge < -0.3 is 9.80 Å². The summed E-state index contributed by atoms with van der Waals surface area (Å²) in [7, 11) is 0. The molecule has 0 atom stereocenters. The number of carbonyl (C=O) groups is 2. The van der Waals surface area contributed by atoms with Crippen molar-refractivity contribution in [3.63, 3.8) is 0 Å². The van der Waals surface area contributed by atoms with Crippen LogP contribution in [0.25, 0.3) is 0 Å². The summed E-state index contributed by atoms with van der Waals surface area (Å²) in [4.78, 5) is 28.7. The number of hydrogen-bond acceptors (Lipinski definition) is 3. The lowest BCUT2D eigenvalue weighted by Crippen LogP contribution is -2.44. The van der Waals surface area contributed by atoms with Crippen molar-refractivity contribution < 1.29 is 9.59 Å². The quantitative estimate of drug-likeness (QED) is 0.785. The molecule has 0 spiro atoms. The first kappa shape index (κ1) is 18.6. The third-order valence-corrected chi connectivity index (χ3v) is 6.26. The highest BCUT2D eigenvalue weighted by molar-refractivity contribution is 7.99. The second-order valence-electron chi connectivity index (χ2n) is 6.81. The summed E-state index contributed by atoms with van der Waals surface area (Å²) in [5.41, 5.74) is 1.18. The van der Waals surface area contributed by atoms with Crippen molar-refractivity contribution in [1.82, 2.24) is 9.80 Å². The van der Waals surface area contributed by atoms with E-state index >= 15 is 0 Å². The number of piperidine rings is 1. The lowest BCUT2D eigenvalue weighted by molar-refractivity contribution is -0.139. The summed E-state index contributed by atoms with van der Waals surface area (Å²) < 4.78 is 0. The third kappa shape index (κ3) is 5.14. The highest BCUT2D eigenvalue weighted by atomic mass is 35.5. The van der Waals surface area contributed by atoms with Gasteiger partial charge in [-0.3, -0.25) is 9.59 Å². The molecular weight excluding hydrogens is 356 g/mol. The first-order valence-corrected chi connectivity index (χ1v) is 10.6. The number of amides is 2. The fourth-order valence-electron chi connectivity index (χ4n) is 3.50. The Balaban J connectivity index is 1.37. The molecule has 2 aliphatic rings. The monoisotopic (exact) mass is 380 g/mol. The minimum atomic E-state index is 0.115. The van der Waals surface area contributed by atoms with Crippen LogP contribution in [0, 0.1) is 5.92 Å². The molecule has 0 radical (unpaired) electrons. The van der Waals surface area contributed by atoms with E-state index in [4.69, 9.17) is 11.6 Å². The van der Waals surface area contributed by atoms with E-state index in [1.54, 1.807) is 11.8 Å². The molecule has 0 saturated carbocycles. The van der Waals surface area contributed by atoms with E-state index in [1.807, 2.05) is 34.1 Å². The zero-order valence-electron chi connectivity index (χ0n) is 14.5. The number of nitrogens with zero attached hydrogens (tertiary/aromatic N) is 2. The van der Waals surface area contributed by atoms with Gasteiger partial charge in [-0.2, -0.15) is 0 Å². The summed E-state index contributed by atoms with van der Waals surface area (Å²) in [6, 6.07) is 7.74. The van der Waals surface area contributed by atoms with Gasteiger partial charge >= 0.3 is 0 Å². The smallest absolute Gasteiger partial charge is 0.232 e. The first-order chi connectivity index (χ1) is 12.1. The summed E-state index contributed by atoms with van der Waals surface area (Å²) in [5.74, 6) is 1.91. The molecule has 4 nitrogen and oxygen atoms in total. The molecule has 0 bridgehead atoms. The Morgan fingerprint density at radius 3 is 2.28 bits per heavy atom. The highest BCUT2D eigenvalue weighted by Crippen LogP contribution is 2.23. The van der Waals surface area contributed by atoms with Crippen LogP contribution in [-0.2, 0) is 15.3 Å². The zero-order valence-corrected chi connectivity index (χ0v) is 16.0. The van der Waals surface area contributed by atoms with Gasteiger partial charge in [0.1, 0.15) is 0 Å². The van der Waals surface area contributed by atoms with Crippen molar-refractivity contribution in [3.8, 4) is 0 Å². The van der Waals surface area contributed by atoms with Crippen molar-refractivity contribution in [2.24, 2.45) is 5.92 Å². The molecule has 25 heavy (non-hydrogen) atoms. The van der Waals surface area contributed by atoms with Crippen molar-refractivity contribution in [3.05, 3.63) is 34.9 Å². The standard InChI is InChI=1S/C19H25ClN2O2S/c20-17-5-3-15(4-6-17)13-25-14-18(23)21-11-7-16(8-12-21)19(24)22-9-1-2-10-22/h3-6,16H,1-2,7-14H2. The van der Waals surface area contributed by atoms with Gasteiger partial charge in [0.2, 0.25) is 11.8 Å². The zero-order chi connectivity index (χ0) is 17.6. The molecule has 0 N–H and O–H groups in total. The van der Waals surface area contributed by atoms with E-state index in [9.17, 15) is 9.59 Å². The van der Waals surface area contributed by atoms with E-state index in [0.29, 0.717) is 24.7 Å². The molecule has 0 aromatic heterocycles. The number of likely N-dealkylation sites (tertiary alicyclic amines) is 2. The van der Waals surface area contributed by atoms with Crippen LogP contribution >= 0.6 is 23.4 Å². The van der Waals surface area contributed by atoms with E-state index in [1.165, 1.54) is 5.56 Å². The number of thioether (sulfide) groups is 1. The van der Waals surface area contributed by atoms with Gasteiger partial charge in [-0.1, -0.05) is 23.7 Å². The minimum Gasteiger partial charge on any atom is -0.342 e. The molecular formula is C19H25ClN2O2S. The van der Waals surface area contributed by atoms with Crippen LogP contribution in [0.5, 0.6) is 0 Å². The largest absolute Gasteiger partial charge is 0.342 e. The fraction of sp³-hybridized carbons (Fsp3) is 0.579. The SMILES string of the molecule is O=C(CSCc1ccc(Cl)cc1)N1CCC(C(=O)N2CCCC2)CC1. The number of halogens is 1. The average Bonchev–Trinajstić information content (AvgIpc) is 3.17. The van der Waals surface area contributed by atoms with E-state index in [0.717, 1.165) is 49.5 Å². The number of hydrogen-bond donors (Lipinski definition) is 0. The summed E-state index contributed by atoms with van der Waals surface area (Å²) in [5, 5.41) is 0.733. The Bertz CT molecular complexity index is 594. The molecule has 136 valence electrons. The highest BCUT2D eigenvalue weighted by Gasteiger charge is 2.30. The summed E-state index contributed by atoms with van der Waals surface area (Å²) >= 11 is 7.51. The van der Waals surface area contributed by atoms with E-state index in [2.05, 4.69) is 0 Å². The topological polar surface area (TPSA) is 40.6 Å².